The molecule has 124 valence electrons. The van der Waals surface area contributed by atoms with Crippen LogP contribution in [0.2, 0.25) is 0 Å². The van der Waals surface area contributed by atoms with E-state index in [2.05, 4.69) is 10.3 Å². The lowest BCUT2D eigenvalue weighted by molar-refractivity contribution is -0.118. The van der Waals surface area contributed by atoms with Gasteiger partial charge in [0.15, 0.2) is 18.1 Å². The summed E-state index contributed by atoms with van der Waals surface area (Å²) in [6.45, 7) is 0.174. The van der Waals surface area contributed by atoms with Crippen molar-refractivity contribution in [3.05, 3.63) is 41.7 Å². The number of pyridine rings is 1. The molecular weight excluding hydrogens is 308 g/mol. The molecular formula is C18H18N2O4. The van der Waals surface area contributed by atoms with E-state index in [-0.39, 0.29) is 19.3 Å². The van der Waals surface area contributed by atoms with Gasteiger partial charge >= 0.3 is 0 Å². The molecule has 0 unspecified atom stereocenters. The number of benzene rings is 1. The Morgan fingerprint density at radius 2 is 2.04 bits per heavy atom. The summed E-state index contributed by atoms with van der Waals surface area (Å²) in [7, 11) is 0. The third kappa shape index (κ3) is 2.99. The number of aromatic nitrogens is 1. The van der Waals surface area contributed by atoms with Gasteiger partial charge in [0, 0.05) is 29.2 Å². The molecule has 0 saturated heterocycles. The predicted molar refractivity (Wildman–Crippen MR) is 87.6 cm³/mol. The second kappa shape index (κ2) is 6.39. The van der Waals surface area contributed by atoms with E-state index in [4.69, 9.17) is 14.2 Å². The zero-order chi connectivity index (χ0) is 16.4. The van der Waals surface area contributed by atoms with Crippen LogP contribution in [-0.4, -0.2) is 24.3 Å². The van der Waals surface area contributed by atoms with Crippen molar-refractivity contribution in [2.45, 2.75) is 25.7 Å². The minimum atomic E-state index is -0.213. The molecule has 0 spiro atoms. The normalized spacial score (nSPS) is 14.8. The van der Waals surface area contributed by atoms with Crippen LogP contribution in [-0.2, 0) is 17.6 Å². The number of rotatable bonds is 4. The number of hydrogen-bond acceptors (Lipinski definition) is 5. The second-order valence-electron chi connectivity index (χ2n) is 5.85. The van der Waals surface area contributed by atoms with E-state index in [0.29, 0.717) is 17.2 Å². The van der Waals surface area contributed by atoms with E-state index in [9.17, 15) is 4.79 Å². The van der Waals surface area contributed by atoms with Gasteiger partial charge in [0.25, 0.3) is 5.91 Å². The molecule has 6 heteroatoms. The Balaban J connectivity index is 1.39. The smallest absolute Gasteiger partial charge is 0.262 e. The first-order valence-electron chi connectivity index (χ1n) is 8.09. The highest BCUT2D eigenvalue weighted by Crippen LogP contribution is 2.34. The number of carbonyl (C=O) groups excluding carboxylic acids is 1. The maximum Gasteiger partial charge on any atom is 0.262 e. The van der Waals surface area contributed by atoms with Crippen LogP contribution in [0.3, 0.4) is 0 Å². The third-order valence-corrected chi connectivity index (χ3v) is 4.21. The minimum Gasteiger partial charge on any atom is -0.483 e. The van der Waals surface area contributed by atoms with Gasteiger partial charge in [-0.3, -0.25) is 9.78 Å². The molecule has 4 rings (SSSR count). The Labute approximate surface area is 139 Å². The van der Waals surface area contributed by atoms with E-state index in [1.54, 1.807) is 24.4 Å². The molecule has 6 nitrogen and oxygen atoms in total. The first kappa shape index (κ1) is 14.8. The van der Waals surface area contributed by atoms with E-state index < -0.39 is 0 Å². The molecule has 1 aromatic heterocycles. The summed E-state index contributed by atoms with van der Waals surface area (Å²) < 4.78 is 16.3. The van der Waals surface area contributed by atoms with Crippen molar-refractivity contribution in [3.63, 3.8) is 0 Å². The molecule has 1 aromatic carbocycles. The van der Waals surface area contributed by atoms with Crippen LogP contribution < -0.4 is 19.5 Å². The standard InChI is InChI=1S/C18H18N2O4/c21-18(20-12-5-6-16-17(9-12)24-11-23-16)10-22-15-7-8-19-14-4-2-1-3-13(14)15/h5-9H,1-4,10-11H2,(H,20,21). The average Bonchev–Trinajstić information content (AvgIpc) is 3.07. The maximum absolute atomic E-state index is 12.1. The van der Waals surface area contributed by atoms with Gasteiger partial charge < -0.3 is 19.5 Å². The average molecular weight is 326 g/mol. The Morgan fingerprint density at radius 3 is 3.00 bits per heavy atom. The summed E-state index contributed by atoms with van der Waals surface area (Å²) in [6, 6.07) is 7.13. The fourth-order valence-electron chi connectivity index (χ4n) is 3.04. The number of hydrogen-bond donors (Lipinski definition) is 1. The lowest BCUT2D eigenvalue weighted by Gasteiger charge is -2.18. The van der Waals surface area contributed by atoms with E-state index in [1.165, 1.54) is 0 Å². The summed E-state index contributed by atoms with van der Waals surface area (Å²) in [5, 5.41) is 2.81. The molecule has 2 aromatic rings. The lowest BCUT2D eigenvalue weighted by Crippen LogP contribution is -2.21. The van der Waals surface area contributed by atoms with E-state index >= 15 is 0 Å². The van der Waals surface area contributed by atoms with Crippen LogP contribution in [0, 0.1) is 0 Å². The fourth-order valence-corrected chi connectivity index (χ4v) is 3.04. The molecule has 1 aliphatic heterocycles. The number of fused-ring (bicyclic) bond motifs is 2. The minimum absolute atomic E-state index is 0.0368. The zero-order valence-electron chi connectivity index (χ0n) is 13.2. The highest BCUT2D eigenvalue weighted by Gasteiger charge is 2.17. The molecule has 1 amide bonds. The van der Waals surface area contributed by atoms with Crippen molar-refractivity contribution in [1.82, 2.24) is 4.98 Å². The molecule has 0 fully saturated rings. The molecule has 0 radical (unpaired) electrons. The fraction of sp³-hybridized carbons (Fsp3) is 0.333. The molecule has 1 aliphatic carbocycles. The number of nitrogens with one attached hydrogen (secondary N) is 1. The van der Waals surface area contributed by atoms with Gasteiger partial charge in [-0.05, 0) is 43.9 Å². The van der Waals surface area contributed by atoms with Gasteiger partial charge in [-0.2, -0.15) is 0 Å². The zero-order valence-corrected chi connectivity index (χ0v) is 13.2. The topological polar surface area (TPSA) is 69.7 Å². The van der Waals surface area contributed by atoms with Crippen LogP contribution in [0.1, 0.15) is 24.1 Å². The highest BCUT2D eigenvalue weighted by atomic mass is 16.7. The third-order valence-electron chi connectivity index (χ3n) is 4.21. The van der Waals surface area contributed by atoms with Crippen molar-refractivity contribution in [3.8, 4) is 17.2 Å². The van der Waals surface area contributed by atoms with Gasteiger partial charge in [-0.1, -0.05) is 0 Å². The molecule has 0 bridgehead atoms. The summed E-state index contributed by atoms with van der Waals surface area (Å²) in [5.74, 6) is 1.88. The molecule has 24 heavy (non-hydrogen) atoms. The second-order valence-corrected chi connectivity index (χ2v) is 5.85. The number of anilines is 1. The van der Waals surface area contributed by atoms with Crippen molar-refractivity contribution in [2.75, 3.05) is 18.7 Å². The monoisotopic (exact) mass is 326 g/mol. The summed E-state index contributed by atoms with van der Waals surface area (Å²) in [6.07, 6.45) is 5.99. The molecule has 2 heterocycles. The Morgan fingerprint density at radius 1 is 1.17 bits per heavy atom. The van der Waals surface area contributed by atoms with Gasteiger partial charge in [0.05, 0.1) is 0 Å². The number of ether oxygens (including phenoxy) is 3. The van der Waals surface area contributed by atoms with Gasteiger partial charge in [-0.15, -0.1) is 0 Å². The molecule has 1 N–H and O–H groups in total. The van der Waals surface area contributed by atoms with Crippen molar-refractivity contribution in [2.24, 2.45) is 0 Å². The van der Waals surface area contributed by atoms with E-state index in [1.807, 2.05) is 6.07 Å². The maximum atomic E-state index is 12.1. The molecule has 2 aliphatic rings. The number of aryl methyl sites for hydroxylation is 1. The first-order chi connectivity index (χ1) is 11.8. The van der Waals surface area contributed by atoms with E-state index in [0.717, 1.165) is 42.7 Å². The first-order valence-corrected chi connectivity index (χ1v) is 8.09. The highest BCUT2D eigenvalue weighted by molar-refractivity contribution is 5.92. The van der Waals surface area contributed by atoms with Crippen LogP contribution >= 0.6 is 0 Å². The Hall–Kier alpha value is -2.76. The number of nitrogens with zero attached hydrogens (tertiary/aromatic N) is 1. The largest absolute Gasteiger partial charge is 0.483 e. The lowest BCUT2D eigenvalue weighted by atomic mass is 9.95. The van der Waals surface area contributed by atoms with Crippen molar-refractivity contribution < 1.29 is 19.0 Å². The molecule has 0 atom stereocenters. The number of carbonyl (C=O) groups is 1. The Bertz CT molecular complexity index is 776. The van der Waals surface area contributed by atoms with Gasteiger partial charge in [-0.25, -0.2) is 0 Å². The van der Waals surface area contributed by atoms with Crippen LogP contribution in [0.15, 0.2) is 30.5 Å². The van der Waals surface area contributed by atoms with Crippen molar-refractivity contribution >= 4 is 11.6 Å². The summed E-state index contributed by atoms with van der Waals surface area (Å²) >= 11 is 0. The van der Waals surface area contributed by atoms with Crippen molar-refractivity contribution in [1.29, 1.82) is 0 Å². The quantitative estimate of drug-likeness (QED) is 0.935. The Kier molecular flexibility index (Phi) is 3.94. The number of amides is 1. The van der Waals surface area contributed by atoms with Crippen LogP contribution in [0.25, 0.3) is 0 Å². The van der Waals surface area contributed by atoms with Gasteiger partial charge in [0.1, 0.15) is 5.75 Å². The summed E-state index contributed by atoms with van der Waals surface area (Å²) in [5.41, 5.74) is 2.89. The SMILES string of the molecule is O=C(COc1ccnc2c1CCCC2)Nc1ccc2c(c1)OCO2. The van der Waals surface area contributed by atoms with Gasteiger partial charge in [0.2, 0.25) is 6.79 Å². The predicted octanol–water partition coefficient (Wildman–Crippen LogP) is 2.71. The van der Waals surface area contributed by atoms with Crippen LogP contribution in [0.5, 0.6) is 17.2 Å². The molecule has 0 saturated carbocycles. The van der Waals surface area contributed by atoms with Crippen LogP contribution in [0.4, 0.5) is 5.69 Å². The summed E-state index contributed by atoms with van der Waals surface area (Å²) in [4.78, 5) is 16.5.